The van der Waals surface area contributed by atoms with E-state index >= 15 is 0 Å². The minimum Gasteiger partial charge on any atom is -0.374 e. The Labute approximate surface area is 109 Å². The van der Waals surface area contributed by atoms with Crippen molar-refractivity contribution in [3.63, 3.8) is 0 Å². The van der Waals surface area contributed by atoms with Gasteiger partial charge in [-0.3, -0.25) is 0 Å². The molecule has 1 saturated heterocycles. The summed E-state index contributed by atoms with van der Waals surface area (Å²) >= 11 is 5.97. The molecule has 1 N–H and O–H groups in total. The van der Waals surface area contributed by atoms with Crippen LogP contribution in [0.3, 0.4) is 0 Å². The van der Waals surface area contributed by atoms with Gasteiger partial charge in [0.25, 0.3) is 0 Å². The van der Waals surface area contributed by atoms with Crippen LogP contribution in [0.25, 0.3) is 0 Å². The SMILES string of the molecule is Cc1cc(Cl)ccc1N(C)CCC1CCCN1. The van der Waals surface area contributed by atoms with Gasteiger partial charge in [0.05, 0.1) is 0 Å². The van der Waals surface area contributed by atoms with Gasteiger partial charge in [-0.1, -0.05) is 11.6 Å². The number of aryl methyl sites for hydroxylation is 1. The fraction of sp³-hybridized carbons (Fsp3) is 0.571. The van der Waals surface area contributed by atoms with Crippen LogP contribution in [0.5, 0.6) is 0 Å². The summed E-state index contributed by atoms with van der Waals surface area (Å²) < 4.78 is 0. The zero-order valence-corrected chi connectivity index (χ0v) is 11.4. The summed E-state index contributed by atoms with van der Waals surface area (Å²) in [5, 5.41) is 4.36. The van der Waals surface area contributed by atoms with E-state index in [4.69, 9.17) is 11.6 Å². The number of hydrogen-bond donors (Lipinski definition) is 1. The van der Waals surface area contributed by atoms with E-state index in [1.54, 1.807) is 0 Å². The minimum atomic E-state index is 0.713. The van der Waals surface area contributed by atoms with Crippen molar-refractivity contribution in [3.05, 3.63) is 28.8 Å². The molecule has 0 aromatic heterocycles. The average Bonchev–Trinajstić information content (AvgIpc) is 2.78. The predicted molar refractivity (Wildman–Crippen MR) is 75.1 cm³/mol. The minimum absolute atomic E-state index is 0.713. The van der Waals surface area contributed by atoms with Crippen LogP contribution in [-0.2, 0) is 0 Å². The van der Waals surface area contributed by atoms with Gasteiger partial charge in [-0.05, 0) is 56.5 Å². The molecular weight excluding hydrogens is 232 g/mol. The number of hydrogen-bond acceptors (Lipinski definition) is 2. The van der Waals surface area contributed by atoms with Gasteiger partial charge in [0.15, 0.2) is 0 Å². The summed E-state index contributed by atoms with van der Waals surface area (Å²) in [5.74, 6) is 0. The van der Waals surface area contributed by atoms with Gasteiger partial charge < -0.3 is 10.2 Å². The molecule has 94 valence electrons. The van der Waals surface area contributed by atoms with Gasteiger partial charge in [0.1, 0.15) is 0 Å². The molecule has 0 aliphatic carbocycles. The Balaban J connectivity index is 1.91. The van der Waals surface area contributed by atoms with Crippen molar-refractivity contribution >= 4 is 17.3 Å². The van der Waals surface area contributed by atoms with Crippen molar-refractivity contribution in [1.82, 2.24) is 5.32 Å². The lowest BCUT2D eigenvalue weighted by Crippen LogP contribution is -2.28. The third kappa shape index (κ3) is 3.36. The normalized spacial score (nSPS) is 19.6. The molecule has 0 radical (unpaired) electrons. The summed E-state index contributed by atoms with van der Waals surface area (Å²) in [6.07, 6.45) is 3.88. The van der Waals surface area contributed by atoms with Crippen molar-refractivity contribution in [2.75, 3.05) is 25.0 Å². The molecule has 2 rings (SSSR count). The molecule has 0 bridgehead atoms. The maximum Gasteiger partial charge on any atom is 0.0410 e. The Hall–Kier alpha value is -0.730. The smallest absolute Gasteiger partial charge is 0.0410 e. The van der Waals surface area contributed by atoms with Crippen molar-refractivity contribution in [2.24, 2.45) is 0 Å². The first-order chi connectivity index (χ1) is 8.16. The zero-order valence-electron chi connectivity index (χ0n) is 10.7. The lowest BCUT2D eigenvalue weighted by molar-refractivity contribution is 0.559. The van der Waals surface area contributed by atoms with Crippen molar-refractivity contribution in [1.29, 1.82) is 0 Å². The lowest BCUT2D eigenvalue weighted by Gasteiger charge is -2.23. The third-order valence-electron chi connectivity index (χ3n) is 3.55. The Morgan fingerprint density at radius 1 is 1.47 bits per heavy atom. The number of benzene rings is 1. The van der Waals surface area contributed by atoms with Crippen molar-refractivity contribution in [3.8, 4) is 0 Å². The summed E-state index contributed by atoms with van der Waals surface area (Å²) in [7, 11) is 2.16. The van der Waals surface area contributed by atoms with Gasteiger partial charge in [-0.25, -0.2) is 0 Å². The highest BCUT2D eigenvalue weighted by Crippen LogP contribution is 2.23. The van der Waals surface area contributed by atoms with Crippen LogP contribution in [0, 0.1) is 6.92 Å². The molecule has 17 heavy (non-hydrogen) atoms. The van der Waals surface area contributed by atoms with E-state index < -0.39 is 0 Å². The maximum absolute atomic E-state index is 5.97. The van der Waals surface area contributed by atoms with Gasteiger partial charge in [0.2, 0.25) is 0 Å². The molecule has 0 spiro atoms. The second-order valence-corrected chi connectivity index (χ2v) is 5.37. The van der Waals surface area contributed by atoms with Gasteiger partial charge in [0, 0.05) is 30.3 Å². The van der Waals surface area contributed by atoms with Crippen LogP contribution in [-0.4, -0.2) is 26.2 Å². The van der Waals surface area contributed by atoms with Crippen LogP contribution in [0.4, 0.5) is 5.69 Å². The highest BCUT2D eigenvalue weighted by Gasteiger charge is 2.14. The van der Waals surface area contributed by atoms with Crippen molar-refractivity contribution < 1.29 is 0 Å². The fourth-order valence-corrected chi connectivity index (χ4v) is 2.75. The van der Waals surface area contributed by atoms with E-state index in [0.717, 1.165) is 11.6 Å². The number of nitrogens with zero attached hydrogens (tertiary/aromatic N) is 1. The van der Waals surface area contributed by atoms with E-state index in [0.29, 0.717) is 6.04 Å². The predicted octanol–water partition coefficient (Wildman–Crippen LogP) is 3.23. The van der Waals surface area contributed by atoms with Gasteiger partial charge in [-0.15, -0.1) is 0 Å². The molecule has 1 atom stereocenters. The van der Waals surface area contributed by atoms with E-state index in [1.165, 1.54) is 37.1 Å². The first-order valence-corrected chi connectivity index (χ1v) is 6.75. The second-order valence-electron chi connectivity index (χ2n) is 4.93. The Kier molecular flexibility index (Phi) is 4.30. The quantitative estimate of drug-likeness (QED) is 0.885. The fourth-order valence-electron chi connectivity index (χ4n) is 2.52. The average molecular weight is 253 g/mol. The monoisotopic (exact) mass is 252 g/mol. The van der Waals surface area contributed by atoms with Crippen LogP contribution in [0.15, 0.2) is 18.2 Å². The first-order valence-electron chi connectivity index (χ1n) is 6.37. The molecule has 1 fully saturated rings. The third-order valence-corrected chi connectivity index (χ3v) is 3.78. The number of nitrogens with one attached hydrogen (secondary N) is 1. The summed E-state index contributed by atoms with van der Waals surface area (Å²) in [6, 6.07) is 6.82. The van der Waals surface area contributed by atoms with E-state index in [9.17, 15) is 0 Å². The molecular formula is C14H21ClN2. The van der Waals surface area contributed by atoms with Gasteiger partial charge in [-0.2, -0.15) is 0 Å². The second kappa shape index (κ2) is 5.74. The summed E-state index contributed by atoms with van der Waals surface area (Å²) in [5.41, 5.74) is 2.53. The molecule has 1 unspecified atom stereocenters. The van der Waals surface area contributed by atoms with Crippen LogP contribution in [0.1, 0.15) is 24.8 Å². The standard InChI is InChI=1S/C14H21ClN2/c1-11-10-12(15)5-6-14(11)17(2)9-7-13-4-3-8-16-13/h5-6,10,13,16H,3-4,7-9H2,1-2H3. The first kappa shape index (κ1) is 12.7. The van der Waals surface area contributed by atoms with Crippen LogP contribution in [0.2, 0.25) is 5.02 Å². The Morgan fingerprint density at radius 3 is 2.94 bits per heavy atom. The van der Waals surface area contributed by atoms with E-state index in [2.05, 4.69) is 30.3 Å². The number of rotatable bonds is 4. The molecule has 0 saturated carbocycles. The Morgan fingerprint density at radius 2 is 2.29 bits per heavy atom. The van der Waals surface area contributed by atoms with E-state index in [1.807, 2.05) is 12.1 Å². The molecule has 0 amide bonds. The van der Waals surface area contributed by atoms with Gasteiger partial charge >= 0.3 is 0 Å². The highest BCUT2D eigenvalue weighted by molar-refractivity contribution is 6.30. The Bertz CT molecular complexity index is 372. The maximum atomic E-state index is 5.97. The van der Waals surface area contributed by atoms with E-state index in [-0.39, 0.29) is 0 Å². The summed E-state index contributed by atoms with van der Waals surface area (Å²) in [4.78, 5) is 2.33. The number of halogens is 1. The molecule has 3 heteroatoms. The molecule has 1 aliphatic heterocycles. The largest absolute Gasteiger partial charge is 0.374 e. The molecule has 1 heterocycles. The molecule has 1 aromatic carbocycles. The van der Waals surface area contributed by atoms with Crippen molar-refractivity contribution in [2.45, 2.75) is 32.2 Å². The summed E-state index contributed by atoms with van der Waals surface area (Å²) in [6.45, 7) is 4.40. The highest BCUT2D eigenvalue weighted by atomic mass is 35.5. The topological polar surface area (TPSA) is 15.3 Å². The van der Waals surface area contributed by atoms with Crippen LogP contribution >= 0.6 is 11.6 Å². The molecule has 1 aromatic rings. The molecule has 2 nitrogen and oxygen atoms in total. The van der Waals surface area contributed by atoms with Crippen LogP contribution < -0.4 is 10.2 Å². The lowest BCUT2D eigenvalue weighted by atomic mass is 10.1. The zero-order chi connectivity index (χ0) is 12.3. The molecule has 1 aliphatic rings. The number of anilines is 1.